The van der Waals surface area contributed by atoms with Crippen molar-refractivity contribution in [3.8, 4) is 0 Å². The molecule has 1 N–H and O–H groups in total. The van der Waals surface area contributed by atoms with Crippen molar-refractivity contribution in [2.75, 3.05) is 26.2 Å². The lowest BCUT2D eigenvalue weighted by molar-refractivity contribution is 0.169. The lowest BCUT2D eigenvalue weighted by Crippen LogP contribution is -2.53. The van der Waals surface area contributed by atoms with Gasteiger partial charge in [0.05, 0.1) is 10.9 Å². The highest BCUT2D eigenvalue weighted by Crippen LogP contribution is 2.22. The molecule has 0 radical (unpaired) electrons. The van der Waals surface area contributed by atoms with Crippen molar-refractivity contribution in [2.24, 2.45) is 0 Å². The van der Waals surface area contributed by atoms with E-state index in [2.05, 4.69) is 15.5 Å². The number of piperazine rings is 1. The van der Waals surface area contributed by atoms with Crippen molar-refractivity contribution >= 4 is 21.7 Å². The number of benzene rings is 1. The highest BCUT2D eigenvalue weighted by atomic mass is 32.2. The van der Waals surface area contributed by atoms with Crippen LogP contribution in [0.15, 0.2) is 47.5 Å². The normalized spacial score (nSPS) is 16.4. The molecule has 0 spiro atoms. The SMILES string of the molecule is Cc1ccc(C)c(S(=O)(=O)N2CCN(C(=O)N[C@@H](C)c3nnc4ccccn34)CC2)c1. The van der Waals surface area contributed by atoms with Gasteiger partial charge in [-0.15, -0.1) is 10.2 Å². The molecule has 1 aliphatic heterocycles. The number of aromatic nitrogens is 3. The van der Waals surface area contributed by atoms with E-state index in [1.165, 1.54) is 4.31 Å². The second-order valence-electron chi connectivity index (χ2n) is 7.82. The lowest BCUT2D eigenvalue weighted by atomic mass is 10.2. The van der Waals surface area contributed by atoms with Gasteiger partial charge in [-0.3, -0.25) is 4.40 Å². The molecule has 31 heavy (non-hydrogen) atoms. The third-order valence-corrected chi connectivity index (χ3v) is 7.60. The predicted octanol–water partition coefficient (Wildman–Crippen LogP) is 2.12. The van der Waals surface area contributed by atoms with Gasteiger partial charge in [0.15, 0.2) is 11.5 Å². The minimum Gasteiger partial charge on any atom is -0.328 e. The molecule has 0 unspecified atom stereocenters. The number of urea groups is 1. The van der Waals surface area contributed by atoms with Gasteiger partial charge >= 0.3 is 6.03 Å². The third kappa shape index (κ3) is 4.13. The van der Waals surface area contributed by atoms with Gasteiger partial charge in [-0.05, 0) is 50.1 Å². The van der Waals surface area contributed by atoms with Gasteiger partial charge in [0.25, 0.3) is 0 Å². The van der Waals surface area contributed by atoms with E-state index in [-0.39, 0.29) is 25.2 Å². The van der Waals surface area contributed by atoms with Crippen LogP contribution in [-0.2, 0) is 10.0 Å². The van der Waals surface area contributed by atoms with Crippen LogP contribution in [0.4, 0.5) is 4.79 Å². The number of carbonyl (C=O) groups excluding carboxylic acids is 1. The van der Waals surface area contributed by atoms with Crippen LogP contribution in [0.3, 0.4) is 0 Å². The fraction of sp³-hybridized carbons (Fsp3) is 0.381. The molecule has 2 amide bonds. The maximum atomic E-state index is 13.1. The van der Waals surface area contributed by atoms with Gasteiger partial charge in [-0.2, -0.15) is 4.31 Å². The number of amides is 2. The van der Waals surface area contributed by atoms with Crippen molar-refractivity contribution < 1.29 is 13.2 Å². The zero-order chi connectivity index (χ0) is 22.2. The molecule has 4 rings (SSSR count). The van der Waals surface area contributed by atoms with Crippen molar-refractivity contribution in [1.29, 1.82) is 0 Å². The maximum absolute atomic E-state index is 13.1. The number of aryl methyl sites for hydroxylation is 2. The first kappa shape index (κ1) is 21.3. The van der Waals surface area contributed by atoms with Gasteiger partial charge in [0.2, 0.25) is 10.0 Å². The zero-order valence-electron chi connectivity index (χ0n) is 17.8. The Balaban J connectivity index is 1.40. The predicted molar refractivity (Wildman–Crippen MR) is 116 cm³/mol. The lowest BCUT2D eigenvalue weighted by Gasteiger charge is -2.34. The summed E-state index contributed by atoms with van der Waals surface area (Å²) in [6.45, 7) is 6.68. The summed E-state index contributed by atoms with van der Waals surface area (Å²) in [6.07, 6.45) is 1.85. The van der Waals surface area contributed by atoms with E-state index in [0.29, 0.717) is 29.5 Å². The summed E-state index contributed by atoms with van der Waals surface area (Å²) >= 11 is 0. The Kier molecular flexibility index (Phi) is 5.67. The molecule has 1 fully saturated rings. The van der Waals surface area contributed by atoms with Crippen LogP contribution in [0.1, 0.15) is 29.9 Å². The van der Waals surface area contributed by atoms with Crippen LogP contribution in [0, 0.1) is 13.8 Å². The molecule has 1 atom stereocenters. The standard InChI is InChI=1S/C21H26N6O3S/c1-15-7-8-16(2)18(14-15)31(29,30)26-12-10-25(11-13-26)21(28)22-17(3)20-24-23-19-6-4-5-9-27(19)20/h4-9,14,17H,10-13H2,1-3H3,(H,22,28)/t17-/m0/s1. The van der Waals surface area contributed by atoms with Crippen molar-refractivity contribution in [1.82, 2.24) is 29.1 Å². The number of nitrogens with zero attached hydrogens (tertiary/aromatic N) is 5. The van der Waals surface area contributed by atoms with Crippen LogP contribution in [0.2, 0.25) is 0 Å². The molecule has 0 aliphatic carbocycles. The van der Waals surface area contributed by atoms with Gasteiger partial charge in [0, 0.05) is 32.4 Å². The maximum Gasteiger partial charge on any atom is 0.318 e. The van der Waals surface area contributed by atoms with E-state index in [1.54, 1.807) is 17.9 Å². The highest BCUT2D eigenvalue weighted by Gasteiger charge is 2.31. The fourth-order valence-electron chi connectivity index (χ4n) is 3.75. The molecule has 1 aromatic carbocycles. The molecule has 3 aromatic rings. The van der Waals surface area contributed by atoms with Crippen LogP contribution in [0.25, 0.3) is 5.65 Å². The summed E-state index contributed by atoms with van der Waals surface area (Å²) in [5.74, 6) is 0.639. The Morgan fingerprint density at radius 3 is 2.55 bits per heavy atom. The number of pyridine rings is 1. The van der Waals surface area contributed by atoms with E-state index in [9.17, 15) is 13.2 Å². The van der Waals surface area contributed by atoms with Crippen LogP contribution in [-0.4, -0.2) is 64.4 Å². The van der Waals surface area contributed by atoms with Gasteiger partial charge in [-0.25, -0.2) is 13.2 Å². The number of hydrogen-bond acceptors (Lipinski definition) is 5. The number of carbonyl (C=O) groups is 1. The second kappa shape index (κ2) is 8.27. The fourth-order valence-corrected chi connectivity index (χ4v) is 5.48. The molecule has 1 aliphatic rings. The highest BCUT2D eigenvalue weighted by molar-refractivity contribution is 7.89. The van der Waals surface area contributed by atoms with Crippen molar-refractivity contribution in [2.45, 2.75) is 31.7 Å². The summed E-state index contributed by atoms with van der Waals surface area (Å²) < 4.78 is 29.5. The van der Waals surface area contributed by atoms with E-state index in [1.807, 2.05) is 54.8 Å². The molecule has 3 heterocycles. The zero-order valence-corrected chi connectivity index (χ0v) is 18.6. The number of rotatable bonds is 4. The first-order valence-electron chi connectivity index (χ1n) is 10.2. The van der Waals surface area contributed by atoms with E-state index in [4.69, 9.17) is 0 Å². The molecule has 9 nitrogen and oxygen atoms in total. The largest absolute Gasteiger partial charge is 0.328 e. The summed E-state index contributed by atoms with van der Waals surface area (Å²) in [7, 11) is -3.59. The molecule has 164 valence electrons. The topological polar surface area (TPSA) is 99.9 Å². The Morgan fingerprint density at radius 1 is 1.06 bits per heavy atom. The summed E-state index contributed by atoms with van der Waals surface area (Å²) in [5, 5.41) is 11.2. The van der Waals surface area contributed by atoms with Gasteiger partial charge in [0.1, 0.15) is 0 Å². The van der Waals surface area contributed by atoms with Crippen molar-refractivity contribution in [3.05, 3.63) is 59.5 Å². The Bertz CT molecular complexity index is 1210. The molecule has 0 bridgehead atoms. The third-order valence-electron chi connectivity index (χ3n) is 5.55. The van der Waals surface area contributed by atoms with Gasteiger partial charge in [-0.1, -0.05) is 18.2 Å². The Labute approximate surface area is 181 Å². The van der Waals surface area contributed by atoms with Gasteiger partial charge < -0.3 is 10.2 Å². The molecular weight excluding hydrogens is 416 g/mol. The molecule has 2 aromatic heterocycles. The number of hydrogen-bond donors (Lipinski definition) is 1. The Morgan fingerprint density at radius 2 is 1.81 bits per heavy atom. The van der Waals surface area contributed by atoms with E-state index < -0.39 is 10.0 Å². The second-order valence-corrected chi connectivity index (χ2v) is 9.72. The minimum absolute atomic E-state index is 0.246. The van der Waals surface area contributed by atoms with Crippen LogP contribution in [0.5, 0.6) is 0 Å². The minimum atomic E-state index is -3.59. The molecule has 1 saturated heterocycles. The average molecular weight is 443 g/mol. The first-order chi connectivity index (χ1) is 14.8. The number of fused-ring (bicyclic) bond motifs is 1. The van der Waals surface area contributed by atoms with Crippen molar-refractivity contribution in [3.63, 3.8) is 0 Å². The number of sulfonamides is 1. The monoisotopic (exact) mass is 442 g/mol. The number of nitrogens with one attached hydrogen (secondary N) is 1. The van der Waals surface area contributed by atoms with Crippen LogP contribution < -0.4 is 5.32 Å². The average Bonchev–Trinajstić information content (AvgIpc) is 3.19. The van der Waals surface area contributed by atoms with Crippen LogP contribution >= 0.6 is 0 Å². The summed E-state index contributed by atoms with van der Waals surface area (Å²) in [4.78, 5) is 14.7. The van der Waals surface area contributed by atoms with E-state index >= 15 is 0 Å². The summed E-state index contributed by atoms with van der Waals surface area (Å²) in [5.41, 5.74) is 2.33. The smallest absolute Gasteiger partial charge is 0.318 e. The summed E-state index contributed by atoms with van der Waals surface area (Å²) in [6, 6.07) is 10.4. The first-order valence-corrected chi connectivity index (χ1v) is 11.6. The Hall–Kier alpha value is -2.98. The molecule has 10 heteroatoms. The molecule has 0 saturated carbocycles. The quantitative estimate of drug-likeness (QED) is 0.667. The van der Waals surface area contributed by atoms with E-state index in [0.717, 1.165) is 11.1 Å². The molecular formula is C21H26N6O3S.